The van der Waals surface area contributed by atoms with Crippen molar-refractivity contribution < 1.29 is 8.42 Å². The second-order valence-corrected chi connectivity index (χ2v) is 8.34. The number of thioether (sulfide) groups is 1. The minimum absolute atomic E-state index is 0.223. The van der Waals surface area contributed by atoms with Crippen LogP contribution in [0, 0.1) is 0 Å². The lowest BCUT2D eigenvalue weighted by atomic mass is 9.94. The summed E-state index contributed by atoms with van der Waals surface area (Å²) in [5, 5.41) is 4.35. The molecule has 94 valence electrons. The SMILES string of the molecule is CSC1CCC(NC2CCS(=O)(=O)C2)CC1. The van der Waals surface area contributed by atoms with E-state index in [0.29, 0.717) is 17.5 Å². The summed E-state index contributed by atoms with van der Waals surface area (Å²) in [5.74, 6) is 0.736. The number of hydrogen-bond acceptors (Lipinski definition) is 4. The molecule has 2 rings (SSSR count). The van der Waals surface area contributed by atoms with E-state index in [1.807, 2.05) is 11.8 Å². The van der Waals surface area contributed by atoms with Crippen LogP contribution >= 0.6 is 11.8 Å². The molecule has 1 aliphatic carbocycles. The summed E-state index contributed by atoms with van der Waals surface area (Å²) in [6, 6.07) is 0.780. The van der Waals surface area contributed by atoms with Gasteiger partial charge in [-0.05, 0) is 38.4 Å². The van der Waals surface area contributed by atoms with E-state index in [4.69, 9.17) is 0 Å². The molecular weight excluding hydrogens is 242 g/mol. The predicted octanol–water partition coefficient (Wildman–Crippen LogP) is 1.44. The number of nitrogens with one attached hydrogen (secondary N) is 1. The van der Waals surface area contributed by atoms with Crippen molar-refractivity contribution in [3.8, 4) is 0 Å². The Morgan fingerprint density at radius 1 is 1.06 bits per heavy atom. The molecule has 0 aromatic heterocycles. The van der Waals surface area contributed by atoms with Gasteiger partial charge in [-0.2, -0.15) is 11.8 Å². The van der Waals surface area contributed by atoms with Crippen LogP contribution in [0.15, 0.2) is 0 Å². The first-order chi connectivity index (χ1) is 7.59. The first kappa shape index (κ1) is 12.7. The number of rotatable bonds is 3. The molecular formula is C11H21NO2S2. The van der Waals surface area contributed by atoms with Crippen molar-refractivity contribution in [2.75, 3.05) is 17.8 Å². The summed E-state index contributed by atoms with van der Waals surface area (Å²) < 4.78 is 22.7. The molecule has 1 saturated carbocycles. The van der Waals surface area contributed by atoms with Crippen LogP contribution in [0.5, 0.6) is 0 Å². The summed E-state index contributed by atoms with van der Waals surface area (Å²) in [6.45, 7) is 0. The van der Waals surface area contributed by atoms with Gasteiger partial charge in [0.25, 0.3) is 0 Å². The van der Waals surface area contributed by atoms with Gasteiger partial charge in [0.05, 0.1) is 11.5 Å². The molecule has 1 heterocycles. The van der Waals surface area contributed by atoms with Crippen LogP contribution in [0.25, 0.3) is 0 Å². The van der Waals surface area contributed by atoms with Crippen molar-refractivity contribution in [3.05, 3.63) is 0 Å². The second kappa shape index (κ2) is 5.27. The Morgan fingerprint density at radius 2 is 1.75 bits per heavy atom. The van der Waals surface area contributed by atoms with Gasteiger partial charge in [-0.25, -0.2) is 8.42 Å². The molecule has 16 heavy (non-hydrogen) atoms. The minimum atomic E-state index is -2.73. The second-order valence-electron chi connectivity index (χ2n) is 4.98. The predicted molar refractivity (Wildman–Crippen MR) is 69.8 cm³/mol. The third-order valence-electron chi connectivity index (χ3n) is 3.71. The molecule has 0 aromatic rings. The molecule has 5 heteroatoms. The average molecular weight is 263 g/mol. The fourth-order valence-electron chi connectivity index (χ4n) is 2.72. The molecule has 0 bridgehead atoms. The highest BCUT2D eigenvalue weighted by molar-refractivity contribution is 7.99. The Kier molecular flexibility index (Phi) is 4.19. The zero-order valence-electron chi connectivity index (χ0n) is 9.81. The third kappa shape index (κ3) is 3.37. The highest BCUT2D eigenvalue weighted by Gasteiger charge is 2.30. The number of sulfone groups is 1. The standard InChI is InChI=1S/C11H21NO2S2/c1-15-11-4-2-9(3-5-11)12-10-6-7-16(13,14)8-10/h9-12H,2-8H2,1H3. The van der Waals surface area contributed by atoms with E-state index in [1.165, 1.54) is 25.7 Å². The van der Waals surface area contributed by atoms with Crippen LogP contribution in [0.1, 0.15) is 32.1 Å². The van der Waals surface area contributed by atoms with E-state index in [2.05, 4.69) is 11.6 Å². The Labute approximate surface area is 103 Å². The maximum atomic E-state index is 11.3. The molecule has 0 aromatic carbocycles. The van der Waals surface area contributed by atoms with Crippen LogP contribution < -0.4 is 5.32 Å². The van der Waals surface area contributed by atoms with Gasteiger partial charge < -0.3 is 5.32 Å². The quantitative estimate of drug-likeness (QED) is 0.837. The molecule has 2 fully saturated rings. The molecule has 1 atom stereocenters. The molecule has 3 nitrogen and oxygen atoms in total. The van der Waals surface area contributed by atoms with Crippen LogP contribution in [0.4, 0.5) is 0 Å². The van der Waals surface area contributed by atoms with E-state index in [1.54, 1.807) is 0 Å². The molecule has 2 aliphatic rings. The van der Waals surface area contributed by atoms with E-state index in [-0.39, 0.29) is 6.04 Å². The molecule has 0 amide bonds. The van der Waals surface area contributed by atoms with E-state index < -0.39 is 9.84 Å². The smallest absolute Gasteiger partial charge is 0.151 e. The Morgan fingerprint density at radius 3 is 2.25 bits per heavy atom. The zero-order valence-corrected chi connectivity index (χ0v) is 11.4. The van der Waals surface area contributed by atoms with Gasteiger partial charge in [0.15, 0.2) is 9.84 Å². The van der Waals surface area contributed by atoms with Crippen molar-refractivity contribution >= 4 is 21.6 Å². The lowest BCUT2D eigenvalue weighted by Crippen LogP contribution is -2.41. The van der Waals surface area contributed by atoms with Crippen molar-refractivity contribution in [2.24, 2.45) is 0 Å². The van der Waals surface area contributed by atoms with Crippen molar-refractivity contribution in [1.82, 2.24) is 5.32 Å². The van der Waals surface area contributed by atoms with Crippen molar-refractivity contribution in [3.63, 3.8) is 0 Å². The maximum Gasteiger partial charge on any atom is 0.151 e. The Hall–Kier alpha value is 0.260. The molecule has 1 saturated heterocycles. The molecule has 1 aliphatic heterocycles. The summed E-state index contributed by atoms with van der Waals surface area (Å²) in [6.07, 6.45) is 7.97. The first-order valence-corrected chi connectivity index (χ1v) is 9.19. The Balaban J connectivity index is 1.75. The topological polar surface area (TPSA) is 46.2 Å². The largest absolute Gasteiger partial charge is 0.310 e. The molecule has 1 unspecified atom stereocenters. The monoisotopic (exact) mass is 263 g/mol. The highest BCUT2D eigenvalue weighted by Crippen LogP contribution is 2.27. The fourth-order valence-corrected chi connectivity index (χ4v) is 5.15. The summed E-state index contributed by atoms with van der Waals surface area (Å²) in [4.78, 5) is 0. The lowest BCUT2D eigenvalue weighted by Gasteiger charge is -2.30. The fraction of sp³-hybridized carbons (Fsp3) is 1.00. The van der Waals surface area contributed by atoms with Gasteiger partial charge in [-0.1, -0.05) is 0 Å². The van der Waals surface area contributed by atoms with Crippen molar-refractivity contribution in [2.45, 2.75) is 49.4 Å². The minimum Gasteiger partial charge on any atom is -0.310 e. The maximum absolute atomic E-state index is 11.3. The summed E-state index contributed by atoms with van der Waals surface area (Å²) >= 11 is 1.97. The summed E-state index contributed by atoms with van der Waals surface area (Å²) in [7, 11) is -2.73. The molecule has 0 spiro atoms. The molecule has 0 radical (unpaired) electrons. The lowest BCUT2D eigenvalue weighted by molar-refractivity contribution is 0.351. The first-order valence-electron chi connectivity index (χ1n) is 6.08. The van der Waals surface area contributed by atoms with Crippen LogP contribution in [0.2, 0.25) is 0 Å². The van der Waals surface area contributed by atoms with Gasteiger partial charge in [-0.3, -0.25) is 0 Å². The number of hydrogen-bond donors (Lipinski definition) is 1. The van der Waals surface area contributed by atoms with Crippen LogP contribution in [-0.2, 0) is 9.84 Å². The summed E-state index contributed by atoms with van der Waals surface area (Å²) in [5.41, 5.74) is 0. The van der Waals surface area contributed by atoms with Crippen LogP contribution in [-0.4, -0.2) is 43.5 Å². The normalized spacial score (nSPS) is 38.7. The van der Waals surface area contributed by atoms with Gasteiger partial charge in [0.1, 0.15) is 0 Å². The molecule has 1 N–H and O–H groups in total. The Bertz CT molecular complexity index is 321. The van der Waals surface area contributed by atoms with Gasteiger partial charge >= 0.3 is 0 Å². The third-order valence-corrected chi connectivity index (χ3v) is 6.62. The van der Waals surface area contributed by atoms with Crippen LogP contribution in [0.3, 0.4) is 0 Å². The average Bonchev–Trinajstić information content (AvgIpc) is 2.59. The van der Waals surface area contributed by atoms with Gasteiger partial charge in [0, 0.05) is 17.3 Å². The van der Waals surface area contributed by atoms with E-state index in [0.717, 1.165) is 11.7 Å². The van der Waals surface area contributed by atoms with Gasteiger partial charge in [0.2, 0.25) is 0 Å². The zero-order chi connectivity index (χ0) is 11.6. The van der Waals surface area contributed by atoms with Crippen molar-refractivity contribution in [1.29, 1.82) is 0 Å². The highest BCUT2D eigenvalue weighted by atomic mass is 32.2. The van der Waals surface area contributed by atoms with Gasteiger partial charge in [-0.15, -0.1) is 0 Å². The van der Waals surface area contributed by atoms with E-state index in [9.17, 15) is 8.42 Å². The van der Waals surface area contributed by atoms with E-state index >= 15 is 0 Å².